The first-order valence-corrected chi connectivity index (χ1v) is 8.55. The molecular formula is C20H22N2O6. The van der Waals surface area contributed by atoms with Crippen LogP contribution >= 0.6 is 0 Å². The summed E-state index contributed by atoms with van der Waals surface area (Å²) in [6.45, 7) is 2.33. The summed E-state index contributed by atoms with van der Waals surface area (Å²) in [4.78, 5) is 35.9. The maximum Gasteiger partial charge on any atom is 0.337 e. The van der Waals surface area contributed by atoms with E-state index in [-0.39, 0.29) is 29.3 Å². The molecule has 0 aromatic heterocycles. The summed E-state index contributed by atoms with van der Waals surface area (Å²) < 4.78 is 14.9. The lowest BCUT2D eigenvalue weighted by Gasteiger charge is -2.13. The molecule has 2 N–H and O–H groups in total. The van der Waals surface area contributed by atoms with Gasteiger partial charge in [-0.15, -0.1) is 0 Å². The first-order chi connectivity index (χ1) is 13.5. The number of benzene rings is 2. The Kier molecular flexibility index (Phi) is 7.38. The Hall–Kier alpha value is -3.55. The monoisotopic (exact) mass is 386 g/mol. The number of ether oxygens (including phenoxy) is 3. The normalized spacial score (nSPS) is 9.96. The molecule has 0 heterocycles. The van der Waals surface area contributed by atoms with Gasteiger partial charge in [-0.2, -0.15) is 0 Å². The molecule has 0 aliphatic carbocycles. The van der Waals surface area contributed by atoms with Crippen molar-refractivity contribution in [2.24, 2.45) is 0 Å². The fourth-order valence-electron chi connectivity index (χ4n) is 2.45. The Balaban J connectivity index is 2.12. The highest BCUT2D eigenvalue weighted by Gasteiger charge is 2.15. The van der Waals surface area contributed by atoms with Gasteiger partial charge in [0.2, 0.25) is 5.91 Å². The van der Waals surface area contributed by atoms with Crippen molar-refractivity contribution in [2.75, 3.05) is 38.0 Å². The van der Waals surface area contributed by atoms with Crippen molar-refractivity contribution < 1.29 is 28.6 Å². The van der Waals surface area contributed by atoms with E-state index in [0.29, 0.717) is 18.0 Å². The highest BCUT2D eigenvalue weighted by molar-refractivity contribution is 6.00. The van der Waals surface area contributed by atoms with E-state index in [2.05, 4.69) is 20.1 Å². The molecule has 0 aliphatic rings. The summed E-state index contributed by atoms with van der Waals surface area (Å²) >= 11 is 0. The van der Waals surface area contributed by atoms with Crippen molar-refractivity contribution in [1.82, 2.24) is 0 Å². The molecule has 2 aromatic rings. The van der Waals surface area contributed by atoms with Crippen LogP contribution in [0.3, 0.4) is 0 Å². The fourth-order valence-corrected chi connectivity index (χ4v) is 2.45. The van der Waals surface area contributed by atoms with Crippen LogP contribution in [0.2, 0.25) is 0 Å². The Bertz CT molecular complexity index is 831. The minimum atomic E-state index is -0.634. The summed E-state index contributed by atoms with van der Waals surface area (Å²) in [5.74, 6) is -1.00. The van der Waals surface area contributed by atoms with Gasteiger partial charge in [-0.1, -0.05) is 12.1 Å². The molecule has 0 spiro atoms. The summed E-state index contributed by atoms with van der Waals surface area (Å²) in [7, 11) is 2.45. The number of hydrogen-bond donors (Lipinski definition) is 2. The molecule has 8 heteroatoms. The van der Waals surface area contributed by atoms with Gasteiger partial charge in [0.05, 0.1) is 44.2 Å². The smallest absolute Gasteiger partial charge is 0.337 e. The first kappa shape index (κ1) is 20.8. The second kappa shape index (κ2) is 9.96. The Morgan fingerprint density at radius 3 is 2.11 bits per heavy atom. The van der Waals surface area contributed by atoms with Gasteiger partial charge in [0.25, 0.3) is 0 Å². The highest BCUT2D eigenvalue weighted by atomic mass is 16.5. The third-order valence-electron chi connectivity index (χ3n) is 3.69. The van der Waals surface area contributed by atoms with Crippen LogP contribution < -0.4 is 15.4 Å². The third-order valence-corrected chi connectivity index (χ3v) is 3.69. The lowest BCUT2D eigenvalue weighted by atomic mass is 10.1. The maximum absolute atomic E-state index is 12.3. The molecule has 2 rings (SSSR count). The third kappa shape index (κ3) is 5.47. The van der Waals surface area contributed by atoms with E-state index in [0.717, 1.165) is 0 Å². The molecule has 0 saturated carbocycles. The fraction of sp³-hybridized carbons (Fsp3) is 0.250. The van der Waals surface area contributed by atoms with Crippen molar-refractivity contribution in [1.29, 1.82) is 0 Å². The van der Waals surface area contributed by atoms with Gasteiger partial charge in [0.1, 0.15) is 5.75 Å². The molecule has 0 saturated heterocycles. The molecule has 148 valence electrons. The van der Waals surface area contributed by atoms with Gasteiger partial charge in [0.15, 0.2) is 0 Å². The number of hydrogen-bond acceptors (Lipinski definition) is 7. The summed E-state index contributed by atoms with van der Waals surface area (Å²) in [6.07, 6.45) is 0. The van der Waals surface area contributed by atoms with Crippen LogP contribution in [-0.2, 0) is 14.3 Å². The molecule has 8 nitrogen and oxygen atoms in total. The Labute approximate surface area is 162 Å². The zero-order valence-electron chi connectivity index (χ0n) is 15.9. The van der Waals surface area contributed by atoms with Crippen LogP contribution in [0.4, 0.5) is 11.4 Å². The van der Waals surface area contributed by atoms with Crippen LogP contribution in [-0.4, -0.2) is 45.2 Å². The van der Waals surface area contributed by atoms with E-state index in [1.807, 2.05) is 19.1 Å². The second-order valence-corrected chi connectivity index (χ2v) is 5.61. The van der Waals surface area contributed by atoms with Gasteiger partial charge < -0.3 is 24.8 Å². The minimum absolute atomic E-state index is 0.0416. The van der Waals surface area contributed by atoms with Crippen LogP contribution in [0.15, 0.2) is 42.5 Å². The summed E-state index contributed by atoms with van der Waals surface area (Å²) in [6, 6.07) is 11.4. The van der Waals surface area contributed by atoms with E-state index in [9.17, 15) is 14.4 Å². The zero-order valence-corrected chi connectivity index (χ0v) is 15.9. The summed E-state index contributed by atoms with van der Waals surface area (Å²) in [5, 5.41) is 5.64. The Morgan fingerprint density at radius 2 is 1.54 bits per heavy atom. The average Bonchev–Trinajstić information content (AvgIpc) is 2.71. The van der Waals surface area contributed by atoms with Crippen molar-refractivity contribution in [3.8, 4) is 5.75 Å². The predicted octanol–water partition coefficient (Wildman–Crippen LogP) is 2.71. The lowest BCUT2D eigenvalue weighted by Crippen LogP contribution is -2.22. The number of rotatable bonds is 8. The van der Waals surface area contributed by atoms with Crippen molar-refractivity contribution in [2.45, 2.75) is 6.92 Å². The van der Waals surface area contributed by atoms with Gasteiger partial charge in [0, 0.05) is 5.69 Å². The van der Waals surface area contributed by atoms with Crippen molar-refractivity contribution in [3.05, 3.63) is 53.6 Å². The van der Waals surface area contributed by atoms with Crippen LogP contribution in [0.5, 0.6) is 5.75 Å². The largest absolute Gasteiger partial charge is 0.492 e. The van der Waals surface area contributed by atoms with Gasteiger partial charge in [-0.05, 0) is 37.3 Å². The Morgan fingerprint density at radius 1 is 0.929 bits per heavy atom. The van der Waals surface area contributed by atoms with Gasteiger partial charge in [-0.25, -0.2) is 9.59 Å². The number of esters is 2. The van der Waals surface area contributed by atoms with E-state index in [1.54, 1.807) is 12.1 Å². The second-order valence-electron chi connectivity index (χ2n) is 5.61. The lowest BCUT2D eigenvalue weighted by molar-refractivity contribution is -0.114. The highest BCUT2D eigenvalue weighted by Crippen LogP contribution is 2.23. The molecular weight excluding hydrogens is 364 g/mol. The molecule has 0 bridgehead atoms. The van der Waals surface area contributed by atoms with Gasteiger partial charge in [-0.3, -0.25) is 4.79 Å². The number of anilines is 2. The molecule has 1 amide bonds. The van der Waals surface area contributed by atoms with Crippen LogP contribution in [0.1, 0.15) is 27.6 Å². The SMILES string of the molecule is CCOc1ccccc1NCC(=O)Nc1cc(C(=O)OC)cc(C(=O)OC)c1. The standard InChI is InChI=1S/C20H22N2O6/c1-4-28-17-8-6-5-7-16(17)21-12-18(23)22-15-10-13(19(24)26-2)9-14(11-15)20(25)27-3/h5-11,21H,4,12H2,1-3H3,(H,22,23). The maximum atomic E-state index is 12.3. The molecule has 0 atom stereocenters. The molecule has 28 heavy (non-hydrogen) atoms. The molecule has 0 radical (unpaired) electrons. The van der Waals surface area contributed by atoms with Crippen LogP contribution in [0.25, 0.3) is 0 Å². The number of carbonyl (C=O) groups is 3. The van der Waals surface area contributed by atoms with Crippen LogP contribution in [0, 0.1) is 0 Å². The topological polar surface area (TPSA) is 103 Å². The first-order valence-electron chi connectivity index (χ1n) is 8.55. The number of methoxy groups -OCH3 is 2. The summed E-state index contributed by atoms with van der Waals surface area (Å²) in [5.41, 5.74) is 1.19. The average molecular weight is 386 g/mol. The van der Waals surface area contributed by atoms with Gasteiger partial charge >= 0.3 is 11.9 Å². The van der Waals surface area contributed by atoms with E-state index in [4.69, 9.17) is 4.74 Å². The molecule has 2 aromatic carbocycles. The molecule has 0 fully saturated rings. The van der Waals surface area contributed by atoms with E-state index >= 15 is 0 Å². The van der Waals surface area contributed by atoms with E-state index < -0.39 is 11.9 Å². The van der Waals surface area contributed by atoms with Crippen molar-refractivity contribution in [3.63, 3.8) is 0 Å². The predicted molar refractivity (Wildman–Crippen MR) is 104 cm³/mol. The number of carbonyl (C=O) groups excluding carboxylic acids is 3. The number of nitrogens with one attached hydrogen (secondary N) is 2. The number of para-hydroxylation sites is 2. The minimum Gasteiger partial charge on any atom is -0.492 e. The van der Waals surface area contributed by atoms with Crippen molar-refractivity contribution >= 4 is 29.2 Å². The quantitative estimate of drug-likeness (QED) is 0.673. The molecule has 0 aliphatic heterocycles. The zero-order chi connectivity index (χ0) is 20.5. The molecule has 0 unspecified atom stereocenters. The van der Waals surface area contributed by atoms with E-state index in [1.165, 1.54) is 32.4 Å². The number of amides is 1.